The molecule has 1 rings (SSSR count). The van der Waals surface area contributed by atoms with Crippen LogP contribution in [0.4, 0.5) is 0 Å². The van der Waals surface area contributed by atoms with E-state index in [9.17, 15) is 9.90 Å². The second kappa shape index (κ2) is 6.86. The van der Waals surface area contributed by atoms with Gasteiger partial charge >= 0.3 is 0 Å². The van der Waals surface area contributed by atoms with Gasteiger partial charge in [-0.15, -0.1) is 0 Å². The first-order chi connectivity index (χ1) is 7.58. The fourth-order valence-corrected chi connectivity index (χ4v) is 2.10. The third kappa shape index (κ3) is 5.47. The zero-order chi connectivity index (χ0) is 12.0. The molecule has 0 aromatic rings. The number of hydrogen-bond donors (Lipinski definition) is 3. The van der Waals surface area contributed by atoms with Gasteiger partial charge < -0.3 is 16.2 Å². The number of nitrogens with one attached hydrogen (secondary N) is 1. The van der Waals surface area contributed by atoms with Crippen molar-refractivity contribution in [3.63, 3.8) is 0 Å². The molecule has 0 aliphatic heterocycles. The summed E-state index contributed by atoms with van der Waals surface area (Å²) in [5.74, 6) is 0.127. The Morgan fingerprint density at radius 1 is 1.44 bits per heavy atom. The molecular formula is C12H24N2O2. The SMILES string of the molecule is CC(N)CCCC(=O)NC1CCC(O)CC1. The fourth-order valence-electron chi connectivity index (χ4n) is 2.10. The summed E-state index contributed by atoms with van der Waals surface area (Å²) in [6.07, 6.45) is 5.60. The maximum Gasteiger partial charge on any atom is 0.220 e. The summed E-state index contributed by atoms with van der Waals surface area (Å²) in [5, 5.41) is 12.4. The van der Waals surface area contributed by atoms with E-state index in [4.69, 9.17) is 5.73 Å². The molecule has 0 aromatic carbocycles. The van der Waals surface area contributed by atoms with Crippen molar-refractivity contribution in [3.05, 3.63) is 0 Å². The van der Waals surface area contributed by atoms with Gasteiger partial charge in [-0.25, -0.2) is 0 Å². The third-order valence-corrected chi connectivity index (χ3v) is 3.13. The molecule has 1 unspecified atom stereocenters. The Morgan fingerprint density at radius 3 is 2.62 bits per heavy atom. The lowest BCUT2D eigenvalue weighted by Gasteiger charge is -2.26. The highest BCUT2D eigenvalue weighted by molar-refractivity contribution is 5.76. The van der Waals surface area contributed by atoms with Crippen LogP contribution in [0.15, 0.2) is 0 Å². The molecule has 0 spiro atoms. The molecular weight excluding hydrogens is 204 g/mol. The van der Waals surface area contributed by atoms with Crippen LogP contribution >= 0.6 is 0 Å². The summed E-state index contributed by atoms with van der Waals surface area (Å²) in [4.78, 5) is 11.6. The number of aliphatic hydroxyl groups is 1. The van der Waals surface area contributed by atoms with Crippen LogP contribution in [0.2, 0.25) is 0 Å². The molecule has 0 aromatic heterocycles. The van der Waals surface area contributed by atoms with Crippen molar-refractivity contribution in [2.75, 3.05) is 0 Å². The molecule has 94 valence electrons. The van der Waals surface area contributed by atoms with E-state index in [1.807, 2.05) is 6.92 Å². The Balaban J connectivity index is 2.09. The zero-order valence-corrected chi connectivity index (χ0v) is 10.1. The molecule has 1 aliphatic carbocycles. The second-order valence-electron chi connectivity index (χ2n) is 4.94. The maximum atomic E-state index is 11.6. The molecule has 1 amide bonds. The van der Waals surface area contributed by atoms with Crippen molar-refractivity contribution in [3.8, 4) is 0 Å². The minimum atomic E-state index is -0.161. The number of carbonyl (C=O) groups is 1. The first-order valence-corrected chi connectivity index (χ1v) is 6.31. The van der Waals surface area contributed by atoms with E-state index in [2.05, 4.69) is 5.32 Å². The van der Waals surface area contributed by atoms with Crippen molar-refractivity contribution < 1.29 is 9.90 Å². The van der Waals surface area contributed by atoms with Crippen LogP contribution in [0.25, 0.3) is 0 Å². The molecule has 0 radical (unpaired) electrons. The summed E-state index contributed by atoms with van der Waals surface area (Å²) in [7, 11) is 0. The minimum Gasteiger partial charge on any atom is -0.393 e. The highest BCUT2D eigenvalue weighted by Gasteiger charge is 2.20. The lowest BCUT2D eigenvalue weighted by Crippen LogP contribution is -2.38. The number of rotatable bonds is 5. The van der Waals surface area contributed by atoms with Crippen LogP contribution in [-0.4, -0.2) is 29.2 Å². The number of carbonyl (C=O) groups excluding carboxylic acids is 1. The van der Waals surface area contributed by atoms with Gasteiger partial charge in [-0.3, -0.25) is 4.79 Å². The topological polar surface area (TPSA) is 75.4 Å². The highest BCUT2D eigenvalue weighted by Crippen LogP contribution is 2.18. The first kappa shape index (κ1) is 13.5. The molecule has 1 aliphatic rings. The average Bonchev–Trinajstić information content (AvgIpc) is 2.21. The Morgan fingerprint density at radius 2 is 2.06 bits per heavy atom. The quantitative estimate of drug-likeness (QED) is 0.655. The van der Waals surface area contributed by atoms with E-state index in [0.29, 0.717) is 6.42 Å². The van der Waals surface area contributed by atoms with Crippen LogP contribution in [0.3, 0.4) is 0 Å². The smallest absolute Gasteiger partial charge is 0.220 e. The van der Waals surface area contributed by atoms with E-state index in [1.165, 1.54) is 0 Å². The number of aliphatic hydroxyl groups excluding tert-OH is 1. The molecule has 0 heterocycles. The number of hydrogen-bond acceptors (Lipinski definition) is 3. The van der Waals surface area contributed by atoms with Gasteiger partial charge in [0.1, 0.15) is 0 Å². The van der Waals surface area contributed by atoms with Crippen LogP contribution in [-0.2, 0) is 4.79 Å². The Kier molecular flexibility index (Phi) is 5.77. The van der Waals surface area contributed by atoms with Crippen molar-refractivity contribution in [2.24, 2.45) is 5.73 Å². The number of amides is 1. The van der Waals surface area contributed by atoms with Gasteiger partial charge in [0.25, 0.3) is 0 Å². The maximum absolute atomic E-state index is 11.6. The Hall–Kier alpha value is -0.610. The molecule has 0 saturated heterocycles. The average molecular weight is 228 g/mol. The van der Waals surface area contributed by atoms with Crippen molar-refractivity contribution in [1.29, 1.82) is 0 Å². The molecule has 4 heteroatoms. The van der Waals surface area contributed by atoms with E-state index in [-0.39, 0.29) is 24.1 Å². The minimum absolute atomic E-state index is 0.127. The summed E-state index contributed by atoms with van der Waals surface area (Å²) in [6, 6.07) is 0.448. The van der Waals surface area contributed by atoms with Gasteiger partial charge in [0, 0.05) is 18.5 Å². The van der Waals surface area contributed by atoms with Gasteiger partial charge in [-0.2, -0.15) is 0 Å². The molecule has 4 N–H and O–H groups in total. The van der Waals surface area contributed by atoms with E-state index in [0.717, 1.165) is 38.5 Å². The molecule has 1 saturated carbocycles. The van der Waals surface area contributed by atoms with Gasteiger partial charge in [0.2, 0.25) is 5.91 Å². The lowest BCUT2D eigenvalue weighted by molar-refractivity contribution is -0.122. The summed E-state index contributed by atoms with van der Waals surface area (Å²) >= 11 is 0. The van der Waals surface area contributed by atoms with E-state index >= 15 is 0 Å². The summed E-state index contributed by atoms with van der Waals surface area (Å²) in [6.45, 7) is 1.96. The van der Waals surface area contributed by atoms with E-state index < -0.39 is 0 Å². The van der Waals surface area contributed by atoms with Crippen LogP contribution in [0.1, 0.15) is 51.9 Å². The molecule has 4 nitrogen and oxygen atoms in total. The normalized spacial score (nSPS) is 27.4. The Labute approximate surface area is 97.6 Å². The van der Waals surface area contributed by atoms with Gasteiger partial charge in [0.15, 0.2) is 0 Å². The second-order valence-corrected chi connectivity index (χ2v) is 4.94. The highest BCUT2D eigenvalue weighted by atomic mass is 16.3. The molecule has 1 atom stereocenters. The predicted molar refractivity (Wildman–Crippen MR) is 63.9 cm³/mol. The lowest BCUT2D eigenvalue weighted by atomic mass is 9.93. The molecule has 1 fully saturated rings. The largest absolute Gasteiger partial charge is 0.393 e. The van der Waals surface area contributed by atoms with Gasteiger partial charge in [-0.05, 0) is 45.4 Å². The monoisotopic (exact) mass is 228 g/mol. The number of nitrogens with two attached hydrogens (primary N) is 1. The predicted octanol–water partition coefficient (Wildman–Crippen LogP) is 0.924. The fraction of sp³-hybridized carbons (Fsp3) is 0.917. The first-order valence-electron chi connectivity index (χ1n) is 6.31. The summed E-state index contributed by atoms with van der Waals surface area (Å²) < 4.78 is 0. The van der Waals surface area contributed by atoms with Crippen molar-refractivity contribution in [2.45, 2.75) is 70.1 Å². The molecule has 16 heavy (non-hydrogen) atoms. The van der Waals surface area contributed by atoms with Crippen LogP contribution in [0, 0.1) is 0 Å². The van der Waals surface area contributed by atoms with Crippen LogP contribution in [0.5, 0.6) is 0 Å². The standard InChI is InChI=1S/C12H24N2O2/c1-9(13)3-2-4-12(16)14-10-5-7-11(15)8-6-10/h9-11,15H,2-8,13H2,1H3,(H,14,16). The third-order valence-electron chi connectivity index (χ3n) is 3.13. The zero-order valence-electron chi connectivity index (χ0n) is 10.1. The van der Waals surface area contributed by atoms with Gasteiger partial charge in [-0.1, -0.05) is 0 Å². The van der Waals surface area contributed by atoms with Crippen molar-refractivity contribution in [1.82, 2.24) is 5.32 Å². The Bertz CT molecular complexity index is 211. The summed E-state index contributed by atoms with van der Waals surface area (Å²) in [5.41, 5.74) is 5.62. The van der Waals surface area contributed by atoms with Gasteiger partial charge in [0.05, 0.1) is 6.10 Å². The van der Waals surface area contributed by atoms with Crippen LogP contribution < -0.4 is 11.1 Å². The molecule has 0 bridgehead atoms. The van der Waals surface area contributed by atoms with E-state index in [1.54, 1.807) is 0 Å². The van der Waals surface area contributed by atoms with Crippen molar-refractivity contribution >= 4 is 5.91 Å².